The van der Waals surface area contributed by atoms with Gasteiger partial charge in [0.1, 0.15) is 5.01 Å². The first-order valence-electron chi connectivity index (χ1n) is 7.16. The van der Waals surface area contributed by atoms with Crippen molar-refractivity contribution in [3.63, 3.8) is 0 Å². The summed E-state index contributed by atoms with van der Waals surface area (Å²) in [5, 5.41) is 12.2. The van der Waals surface area contributed by atoms with E-state index in [0.29, 0.717) is 10.7 Å². The SMILES string of the molecule is CCc1nnc(NC(=O)c2ccc(N(CC)CC)cc2)s1. The van der Waals surface area contributed by atoms with Gasteiger partial charge >= 0.3 is 0 Å². The van der Waals surface area contributed by atoms with Crippen molar-refractivity contribution in [2.45, 2.75) is 27.2 Å². The molecule has 0 atom stereocenters. The number of aromatic nitrogens is 2. The van der Waals surface area contributed by atoms with E-state index >= 15 is 0 Å². The van der Waals surface area contributed by atoms with Crippen LogP contribution in [0.4, 0.5) is 10.8 Å². The van der Waals surface area contributed by atoms with Gasteiger partial charge < -0.3 is 4.90 Å². The Morgan fingerprint density at radius 2 is 1.81 bits per heavy atom. The molecule has 21 heavy (non-hydrogen) atoms. The van der Waals surface area contributed by atoms with Gasteiger partial charge in [-0.15, -0.1) is 10.2 Å². The third-order valence-electron chi connectivity index (χ3n) is 3.25. The number of nitrogens with zero attached hydrogens (tertiary/aromatic N) is 3. The number of hydrogen-bond donors (Lipinski definition) is 1. The third kappa shape index (κ3) is 3.78. The minimum absolute atomic E-state index is 0.153. The Bertz CT molecular complexity index is 590. The molecule has 0 saturated carbocycles. The highest BCUT2D eigenvalue weighted by Crippen LogP contribution is 2.18. The Hall–Kier alpha value is -1.95. The van der Waals surface area contributed by atoms with E-state index in [2.05, 4.69) is 34.3 Å². The molecule has 2 aromatic rings. The lowest BCUT2D eigenvalue weighted by atomic mass is 10.2. The lowest BCUT2D eigenvalue weighted by Crippen LogP contribution is -2.21. The van der Waals surface area contributed by atoms with E-state index < -0.39 is 0 Å². The molecule has 0 saturated heterocycles. The van der Waals surface area contributed by atoms with Gasteiger partial charge in [-0.3, -0.25) is 10.1 Å². The summed E-state index contributed by atoms with van der Waals surface area (Å²) < 4.78 is 0. The molecule has 5 nitrogen and oxygen atoms in total. The summed E-state index contributed by atoms with van der Waals surface area (Å²) in [7, 11) is 0. The third-order valence-corrected chi connectivity index (χ3v) is 4.23. The zero-order chi connectivity index (χ0) is 15.2. The number of amides is 1. The Morgan fingerprint density at radius 1 is 1.14 bits per heavy atom. The fourth-order valence-electron chi connectivity index (χ4n) is 2.03. The molecule has 112 valence electrons. The maximum absolute atomic E-state index is 12.1. The highest BCUT2D eigenvalue weighted by Gasteiger charge is 2.10. The number of carbonyl (C=O) groups is 1. The van der Waals surface area contributed by atoms with Gasteiger partial charge in [-0.05, 0) is 44.5 Å². The standard InChI is InChI=1S/C15H20N4OS/c1-4-13-17-18-15(21-13)16-14(20)11-7-9-12(10-8-11)19(5-2)6-3/h7-10H,4-6H2,1-3H3,(H,16,18,20). The molecule has 1 heterocycles. The van der Waals surface area contributed by atoms with Crippen LogP contribution in [0.2, 0.25) is 0 Å². The molecule has 0 spiro atoms. The summed E-state index contributed by atoms with van der Waals surface area (Å²) in [4.78, 5) is 14.4. The zero-order valence-corrected chi connectivity index (χ0v) is 13.4. The molecule has 1 aromatic heterocycles. The van der Waals surface area contributed by atoms with Crippen molar-refractivity contribution in [1.82, 2.24) is 10.2 Å². The quantitative estimate of drug-likeness (QED) is 0.890. The number of rotatable bonds is 6. The first-order valence-corrected chi connectivity index (χ1v) is 7.98. The average molecular weight is 304 g/mol. The van der Waals surface area contributed by atoms with E-state index in [1.54, 1.807) is 0 Å². The number of anilines is 2. The fourth-order valence-corrected chi connectivity index (χ4v) is 2.70. The molecule has 1 amide bonds. The van der Waals surface area contributed by atoms with Crippen LogP contribution in [0, 0.1) is 0 Å². The smallest absolute Gasteiger partial charge is 0.257 e. The summed E-state index contributed by atoms with van der Waals surface area (Å²) in [6.45, 7) is 8.15. The number of carbonyl (C=O) groups excluding carboxylic acids is 1. The minimum atomic E-state index is -0.153. The summed E-state index contributed by atoms with van der Waals surface area (Å²) in [6, 6.07) is 7.62. The fraction of sp³-hybridized carbons (Fsp3) is 0.400. The monoisotopic (exact) mass is 304 g/mol. The molecule has 0 fully saturated rings. The number of nitrogens with one attached hydrogen (secondary N) is 1. The molecule has 0 aliphatic carbocycles. The molecular formula is C15H20N4OS. The van der Waals surface area contributed by atoms with Crippen LogP contribution in [0.15, 0.2) is 24.3 Å². The molecule has 0 unspecified atom stereocenters. The summed E-state index contributed by atoms with van der Waals surface area (Å²) in [5.74, 6) is -0.153. The predicted molar refractivity (Wildman–Crippen MR) is 87.2 cm³/mol. The van der Waals surface area contributed by atoms with Gasteiger partial charge in [0, 0.05) is 24.3 Å². The highest BCUT2D eigenvalue weighted by molar-refractivity contribution is 7.15. The van der Waals surface area contributed by atoms with Gasteiger partial charge in [-0.1, -0.05) is 18.3 Å². The molecule has 1 N–H and O–H groups in total. The second-order valence-electron chi connectivity index (χ2n) is 4.53. The summed E-state index contributed by atoms with van der Waals surface area (Å²) >= 11 is 1.41. The largest absolute Gasteiger partial charge is 0.372 e. The van der Waals surface area contributed by atoms with Crippen molar-refractivity contribution in [3.05, 3.63) is 34.8 Å². The molecule has 0 radical (unpaired) electrons. The minimum Gasteiger partial charge on any atom is -0.372 e. The zero-order valence-electron chi connectivity index (χ0n) is 12.6. The second-order valence-corrected chi connectivity index (χ2v) is 5.59. The summed E-state index contributed by atoms with van der Waals surface area (Å²) in [6.07, 6.45) is 0.826. The number of benzene rings is 1. The lowest BCUT2D eigenvalue weighted by Gasteiger charge is -2.20. The maximum Gasteiger partial charge on any atom is 0.257 e. The molecule has 2 rings (SSSR count). The van der Waals surface area contributed by atoms with E-state index in [1.807, 2.05) is 31.2 Å². The van der Waals surface area contributed by atoms with E-state index in [9.17, 15) is 4.79 Å². The van der Waals surface area contributed by atoms with E-state index in [4.69, 9.17) is 0 Å². The predicted octanol–water partition coefficient (Wildman–Crippen LogP) is 3.20. The highest BCUT2D eigenvalue weighted by atomic mass is 32.1. The van der Waals surface area contributed by atoms with Gasteiger partial charge in [0.15, 0.2) is 0 Å². The van der Waals surface area contributed by atoms with Crippen molar-refractivity contribution in [2.24, 2.45) is 0 Å². The second kappa shape index (κ2) is 7.17. The molecule has 6 heteroatoms. The van der Waals surface area contributed by atoms with Crippen LogP contribution in [0.3, 0.4) is 0 Å². The number of aryl methyl sites for hydroxylation is 1. The molecule has 1 aromatic carbocycles. The lowest BCUT2D eigenvalue weighted by molar-refractivity contribution is 0.102. The molecule has 0 aliphatic rings. The van der Waals surface area contributed by atoms with E-state index in [0.717, 1.165) is 30.2 Å². The number of hydrogen-bond acceptors (Lipinski definition) is 5. The Morgan fingerprint density at radius 3 is 2.33 bits per heavy atom. The molecule has 0 bridgehead atoms. The van der Waals surface area contributed by atoms with Crippen molar-refractivity contribution >= 4 is 28.1 Å². The normalized spacial score (nSPS) is 10.4. The first kappa shape index (κ1) is 15.4. The Kier molecular flexibility index (Phi) is 5.27. The van der Waals surface area contributed by atoms with E-state index in [1.165, 1.54) is 11.3 Å². The molecular weight excluding hydrogens is 284 g/mol. The van der Waals surface area contributed by atoms with Gasteiger partial charge in [0.05, 0.1) is 0 Å². The van der Waals surface area contributed by atoms with Crippen LogP contribution in [0.5, 0.6) is 0 Å². The Labute approximate surface area is 129 Å². The van der Waals surface area contributed by atoms with Crippen LogP contribution in [-0.4, -0.2) is 29.2 Å². The molecule has 0 aliphatic heterocycles. The maximum atomic E-state index is 12.1. The van der Waals surface area contributed by atoms with Crippen molar-refractivity contribution in [3.8, 4) is 0 Å². The van der Waals surface area contributed by atoms with Crippen LogP contribution < -0.4 is 10.2 Å². The van der Waals surface area contributed by atoms with Crippen molar-refractivity contribution in [1.29, 1.82) is 0 Å². The average Bonchev–Trinajstić information content (AvgIpc) is 2.97. The van der Waals surface area contributed by atoms with Crippen LogP contribution in [0.25, 0.3) is 0 Å². The van der Waals surface area contributed by atoms with Crippen LogP contribution in [-0.2, 0) is 6.42 Å². The van der Waals surface area contributed by atoms with Gasteiger partial charge in [0.2, 0.25) is 5.13 Å². The van der Waals surface area contributed by atoms with E-state index in [-0.39, 0.29) is 5.91 Å². The first-order chi connectivity index (χ1) is 10.2. The van der Waals surface area contributed by atoms with Crippen LogP contribution in [0.1, 0.15) is 36.1 Å². The van der Waals surface area contributed by atoms with Crippen molar-refractivity contribution < 1.29 is 4.79 Å². The summed E-state index contributed by atoms with van der Waals surface area (Å²) in [5.41, 5.74) is 1.75. The van der Waals surface area contributed by atoms with Crippen LogP contribution >= 0.6 is 11.3 Å². The van der Waals surface area contributed by atoms with Crippen molar-refractivity contribution in [2.75, 3.05) is 23.3 Å². The van der Waals surface area contributed by atoms with Gasteiger partial charge in [-0.2, -0.15) is 0 Å². The van der Waals surface area contributed by atoms with Gasteiger partial charge in [0.25, 0.3) is 5.91 Å². The topological polar surface area (TPSA) is 58.1 Å². The van der Waals surface area contributed by atoms with Gasteiger partial charge in [-0.25, -0.2) is 0 Å². The Balaban J connectivity index is 2.05.